The molecule has 0 saturated carbocycles. The molecule has 0 saturated heterocycles. The molecule has 6 rings (SSSR count). The van der Waals surface area contributed by atoms with Crippen LogP contribution in [0.1, 0.15) is 11.1 Å². The van der Waals surface area contributed by atoms with Gasteiger partial charge in [-0.05, 0) is 76.5 Å². The molecule has 0 fully saturated rings. The largest absolute Gasteiger partial charge is 0.310 e. The van der Waals surface area contributed by atoms with Crippen LogP contribution in [0, 0.1) is 0 Å². The van der Waals surface area contributed by atoms with Gasteiger partial charge in [0, 0.05) is 27.5 Å². The Morgan fingerprint density at radius 1 is 0.548 bits per heavy atom. The second kappa shape index (κ2) is 7.30. The Bertz CT molecular complexity index is 1370. The van der Waals surface area contributed by atoms with Crippen LogP contribution in [0.4, 0.5) is 17.1 Å². The minimum absolute atomic E-state index is 0.831. The van der Waals surface area contributed by atoms with Crippen LogP contribution < -0.4 is 4.90 Å². The minimum Gasteiger partial charge on any atom is -0.310 e. The third kappa shape index (κ3) is 3.01. The van der Waals surface area contributed by atoms with Gasteiger partial charge < -0.3 is 4.90 Å². The average Bonchev–Trinajstić information content (AvgIpc) is 3.18. The standard InChI is InChI=1S/C29H20ClN/c30-28-18-21-17-20-15-16-24(19-27(20)29(21)26-14-8-7-13-25(26)28)31(22-9-3-1-4-10-22)23-11-5-2-6-12-23/h1-16,18-19H,17H2. The first-order valence-electron chi connectivity index (χ1n) is 10.5. The second-order valence-electron chi connectivity index (χ2n) is 7.96. The maximum Gasteiger partial charge on any atom is 0.0487 e. The van der Waals surface area contributed by atoms with E-state index in [9.17, 15) is 0 Å². The van der Waals surface area contributed by atoms with E-state index in [1.54, 1.807) is 0 Å². The molecule has 0 aliphatic heterocycles. The summed E-state index contributed by atoms with van der Waals surface area (Å²) >= 11 is 6.62. The molecule has 1 nitrogen and oxygen atoms in total. The molecule has 5 aromatic rings. The summed E-state index contributed by atoms with van der Waals surface area (Å²) in [6.45, 7) is 0. The summed E-state index contributed by atoms with van der Waals surface area (Å²) in [6.07, 6.45) is 0.923. The first-order chi connectivity index (χ1) is 15.3. The fraction of sp³-hybridized carbons (Fsp3) is 0.0345. The summed E-state index contributed by atoms with van der Waals surface area (Å²) in [5.41, 5.74) is 8.73. The van der Waals surface area contributed by atoms with Gasteiger partial charge in [-0.25, -0.2) is 0 Å². The zero-order valence-electron chi connectivity index (χ0n) is 16.9. The van der Waals surface area contributed by atoms with Gasteiger partial charge in [-0.2, -0.15) is 0 Å². The van der Waals surface area contributed by atoms with Gasteiger partial charge in [0.25, 0.3) is 0 Å². The third-order valence-corrected chi connectivity index (χ3v) is 6.42. The predicted octanol–water partition coefficient (Wildman–Crippen LogP) is 8.53. The Labute approximate surface area is 187 Å². The van der Waals surface area contributed by atoms with Crippen LogP contribution in [0.15, 0.2) is 109 Å². The Balaban J connectivity index is 1.57. The highest BCUT2D eigenvalue weighted by molar-refractivity contribution is 6.36. The van der Waals surface area contributed by atoms with Crippen LogP contribution in [0.25, 0.3) is 21.9 Å². The van der Waals surface area contributed by atoms with Crippen molar-refractivity contribution in [3.8, 4) is 11.1 Å². The summed E-state index contributed by atoms with van der Waals surface area (Å²) < 4.78 is 0. The third-order valence-electron chi connectivity index (χ3n) is 6.11. The lowest BCUT2D eigenvalue weighted by atomic mass is 9.97. The van der Waals surface area contributed by atoms with Gasteiger partial charge in [0.1, 0.15) is 0 Å². The van der Waals surface area contributed by atoms with Crippen LogP contribution in [-0.4, -0.2) is 0 Å². The van der Waals surface area contributed by atoms with Crippen molar-refractivity contribution in [1.29, 1.82) is 0 Å². The number of hydrogen-bond donors (Lipinski definition) is 0. The molecule has 0 amide bonds. The SMILES string of the molecule is Clc1cc2c(c3ccccc13)-c1cc(N(c3ccccc3)c3ccccc3)ccc1C2. The van der Waals surface area contributed by atoms with E-state index >= 15 is 0 Å². The molecular weight excluding hydrogens is 398 g/mol. The van der Waals surface area contributed by atoms with E-state index in [1.165, 1.54) is 27.6 Å². The summed E-state index contributed by atoms with van der Waals surface area (Å²) in [5.74, 6) is 0. The molecule has 1 aliphatic carbocycles. The first-order valence-corrected chi connectivity index (χ1v) is 10.9. The molecule has 0 radical (unpaired) electrons. The highest BCUT2D eigenvalue weighted by Crippen LogP contribution is 2.46. The van der Waals surface area contributed by atoms with Crippen LogP contribution in [0.5, 0.6) is 0 Å². The van der Waals surface area contributed by atoms with Crippen molar-refractivity contribution in [3.05, 3.63) is 125 Å². The average molecular weight is 418 g/mol. The van der Waals surface area contributed by atoms with Crippen molar-refractivity contribution in [2.45, 2.75) is 6.42 Å². The molecule has 5 aromatic carbocycles. The predicted molar refractivity (Wildman–Crippen MR) is 132 cm³/mol. The molecule has 148 valence electrons. The van der Waals surface area contributed by atoms with Gasteiger partial charge in [-0.3, -0.25) is 0 Å². The number of hydrogen-bond acceptors (Lipinski definition) is 1. The van der Waals surface area contributed by atoms with Crippen LogP contribution in [0.3, 0.4) is 0 Å². The Morgan fingerprint density at radius 3 is 1.84 bits per heavy atom. The van der Waals surface area contributed by atoms with Crippen molar-refractivity contribution in [2.24, 2.45) is 0 Å². The molecule has 0 spiro atoms. The highest BCUT2D eigenvalue weighted by Gasteiger charge is 2.24. The monoisotopic (exact) mass is 417 g/mol. The maximum absolute atomic E-state index is 6.62. The molecule has 0 N–H and O–H groups in total. The molecule has 0 heterocycles. The lowest BCUT2D eigenvalue weighted by Gasteiger charge is -2.26. The zero-order valence-corrected chi connectivity index (χ0v) is 17.7. The van der Waals surface area contributed by atoms with E-state index in [-0.39, 0.29) is 0 Å². The van der Waals surface area contributed by atoms with Crippen molar-refractivity contribution < 1.29 is 0 Å². The Kier molecular flexibility index (Phi) is 4.29. The highest BCUT2D eigenvalue weighted by atomic mass is 35.5. The minimum atomic E-state index is 0.831. The maximum atomic E-state index is 6.62. The fourth-order valence-electron chi connectivity index (χ4n) is 4.74. The summed E-state index contributed by atoms with van der Waals surface area (Å²) in [6, 6.07) is 38.5. The molecule has 31 heavy (non-hydrogen) atoms. The van der Waals surface area contributed by atoms with Crippen molar-refractivity contribution >= 4 is 39.4 Å². The van der Waals surface area contributed by atoms with E-state index in [0.717, 1.165) is 33.9 Å². The van der Waals surface area contributed by atoms with E-state index in [4.69, 9.17) is 11.6 Å². The van der Waals surface area contributed by atoms with Crippen LogP contribution >= 0.6 is 11.6 Å². The number of para-hydroxylation sites is 2. The molecule has 1 aliphatic rings. The van der Waals surface area contributed by atoms with Gasteiger partial charge in [0.2, 0.25) is 0 Å². The van der Waals surface area contributed by atoms with Crippen LogP contribution in [-0.2, 0) is 6.42 Å². The van der Waals surface area contributed by atoms with Gasteiger partial charge in [0.15, 0.2) is 0 Å². The molecule has 0 atom stereocenters. The number of fused-ring (bicyclic) bond motifs is 5. The van der Waals surface area contributed by atoms with E-state index in [1.807, 2.05) is 0 Å². The molecule has 0 aromatic heterocycles. The lowest BCUT2D eigenvalue weighted by molar-refractivity contribution is 1.25. The van der Waals surface area contributed by atoms with Gasteiger partial charge >= 0.3 is 0 Å². The zero-order chi connectivity index (χ0) is 20.8. The summed E-state index contributed by atoms with van der Waals surface area (Å²) in [7, 11) is 0. The van der Waals surface area contributed by atoms with Crippen molar-refractivity contribution in [1.82, 2.24) is 0 Å². The Morgan fingerprint density at radius 2 is 1.16 bits per heavy atom. The summed E-state index contributed by atoms with van der Waals surface area (Å²) in [4.78, 5) is 2.32. The fourth-order valence-corrected chi connectivity index (χ4v) is 5.04. The van der Waals surface area contributed by atoms with E-state index in [2.05, 4.69) is 114 Å². The van der Waals surface area contributed by atoms with E-state index < -0.39 is 0 Å². The number of nitrogens with zero attached hydrogens (tertiary/aromatic N) is 1. The number of benzene rings is 5. The number of halogens is 1. The first kappa shape index (κ1) is 18.2. The van der Waals surface area contributed by atoms with Gasteiger partial charge in [-0.15, -0.1) is 0 Å². The molecular formula is C29H20ClN. The molecule has 2 heteroatoms. The van der Waals surface area contributed by atoms with Gasteiger partial charge in [0.05, 0.1) is 0 Å². The summed E-state index contributed by atoms with van der Waals surface area (Å²) in [5, 5.41) is 3.17. The smallest absolute Gasteiger partial charge is 0.0487 e. The molecule has 0 unspecified atom stereocenters. The topological polar surface area (TPSA) is 3.24 Å². The molecule has 0 bridgehead atoms. The van der Waals surface area contributed by atoms with E-state index in [0.29, 0.717) is 0 Å². The van der Waals surface area contributed by atoms with Crippen LogP contribution in [0.2, 0.25) is 5.02 Å². The second-order valence-corrected chi connectivity index (χ2v) is 8.37. The van der Waals surface area contributed by atoms with Crippen molar-refractivity contribution in [2.75, 3.05) is 4.90 Å². The Hall–Kier alpha value is -3.55. The quantitative estimate of drug-likeness (QED) is 0.279. The number of rotatable bonds is 3. The number of anilines is 3. The van der Waals surface area contributed by atoms with Crippen molar-refractivity contribution in [3.63, 3.8) is 0 Å². The lowest BCUT2D eigenvalue weighted by Crippen LogP contribution is -2.09. The van der Waals surface area contributed by atoms with Gasteiger partial charge in [-0.1, -0.05) is 78.3 Å². The normalized spacial score (nSPS) is 11.9.